The van der Waals surface area contributed by atoms with Gasteiger partial charge in [-0.3, -0.25) is 4.79 Å². The molecule has 4 unspecified atom stereocenters. The van der Waals surface area contributed by atoms with Gasteiger partial charge in [0.1, 0.15) is 0 Å². The van der Waals surface area contributed by atoms with Gasteiger partial charge in [-0.2, -0.15) is 0 Å². The summed E-state index contributed by atoms with van der Waals surface area (Å²) >= 11 is 0. The van der Waals surface area contributed by atoms with Gasteiger partial charge in [0.05, 0.1) is 18.6 Å². The van der Waals surface area contributed by atoms with Crippen LogP contribution in [-0.2, 0) is 9.53 Å². The van der Waals surface area contributed by atoms with Crippen molar-refractivity contribution in [3.05, 3.63) is 0 Å². The largest absolute Gasteiger partial charge is 0.380 e. The molecule has 1 amide bonds. The fourth-order valence-corrected chi connectivity index (χ4v) is 2.83. The molecule has 0 heterocycles. The first-order valence-corrected chi connectivity index (χ1v) is 7.61. The van der Waals surface area contributed by atoms with E-state index < -0.39 is 0 Å². The van der Waals surface area contributed by atoms with Crippen LogP contribution >= 0.6 is 0 Å². The number of rotatable bonds is 6. The third-order valence-electron chi connectivity index (χ3n) is 4.21. The van der Waals surface area contributed by atoms with Gasteiger partial charge in [-0.15, -0.1) is 0 Å². The first kappa shape index (κ1) is 16.4. The fraction of sp³-hybridized carbons (Fsp3) is 0.933. The summed E-state index contributed by atoms with van der Waals surface area (Å²) in [5, 5.41) is 3.14. The Morgan fingerprint density at radius 1 is 1.42 bits per heavy atom. The molecule has 0 bridgehead atoms. The van der Waals surface area contributed by atoms with Crippen molar-refractivity contribution < 1.29 is 9.53 Å². The highest BCUT2D eigenvalue weighted by molar-refractivity contribution is 5.80. The molecule has 1 aliphatic carbocycles. The average molecular weight is 270 g/mol. The molecule has 0 aromatic heterocycles. The van der Waals surface area contributed by atoms with Gasteiger partial charge < -0.3 is 15.8 Å². The number of ether oxygens (including phenoxy) is 1. The molecule has 0 aliphatic heterocycles. The number of nitrogens with two attached hydrogens (primary N) is 1. The van der Waals surface area contributed by atoms with Crippen LogP contribution in [0, 0.1) is 17.8 Å². The van der Waals surface area contributed by atoms with Gasteiger partial charge in [-0.25, -0.2) is 0 Å². The molecule has 1 rings (SSSR count). The molecule has 4 atom stereocenters. The average Bonchev–Trinajstić information content (AvgIpc) is 2.33. The minimum Gasteiger partial charge on any atom is -0.380 e. The fourth-order valence-electron chi connectivity index (χ4n) is 2.83. The molecule has 112 valence electrons. The van der Waals surface area contributed by atoms with Crippen molar-refractivity contribution in [3.8, 4) is 0 Å². The van der Waals surface area contributed by atoms with Crippen molar-refractivity contribution in [2.75, 3.05) is 13.2 Å². The van der Waals surface area contributed by atoms with Crippen LogP contribution in [0.3, 0.4) is 0 Å². The third-order valence-corrected chi connectivity index (χ3v) is 4.21. The molecule has 1 aliphatic rings. The van der Waals surface area contributed by atoms with Crippen LogP contribution in [0.1, 0.15) is 47.0 Å². The zero-order chi connectivity index (χ0) is 14.4. The van der Waals surface area contributed by atoms with Crippen LogP contribution in [0.4, 0.5) is 0 Å². The summed E-state index contributed by atoms with van der Waals surface area (Å²) in [5.74, 6) is 0.809. The summed E-state index contributed by atoms with van der Waals surface area (Å²) in [7, 11) is 0. The first-order chi connectivity index (χ1) is 8.97. The summed E-state index contributed by atoms with van der Waals surface area (Å²) in [4.78, 5) is 12.5. The normalized spacial score (nSPS) is 29.3. The van der Waals surface area contributed by atoms with Crippen molar-refractivity contribution in [1.29, 1.82) is 0 Å². The maximum absolute atomic E-state index is 12.5. The summed E-state index contributed by atoms with van der Waals surface area (Å²) in [6, 6.07) is 0.0810. The zero-order valence-electron chi connectivity index (χ0n) is 12.8. The number of hydrogen-bond donors (Lipinski definition) is 2. The molecule has 3 N–H and O–H groups in total. The smallest absolute Gasteiger partial charge is 0.225 e. The molecule has 19 heavy (non-hydrogen) atoms. The van der Waals surface area contributed by atoms with Crippen molar-refractivity contribution >= 4 is 5.91 Å². The van der Waals surface area contributed by atoms with Crippen molar-refractivity contribution in [1.82, 2.24) is 5.32 Å². The molecular weight excluding hydrogens is 240 g/mol. The Kier molecular flexibility index (Phi) is 6.80. The minimum absolute atomic E-state index is 0.00338. The topological polar surface area (TPSA) is 64.3 Å². The molecule has 1 saturated carbocycles. The van der Waals surface area contributed by atoms with Crippen molar-refractivity contribution in [3.63, 3.8) is 0 Å². The lowest BCUT2D eigenvalue weighted by atomic mass is 9.76. The number of carbonyl (C=O) groups is 1. The molecule has 0 aromatic carbocycles. The highest BCUT2D eigenvalue weighted by Crippen LogP contribution is 2.29. The summed E-state index contributed by atoms with van der Waals surface area (Å²) in [5.41, 5.74) is 6.13. The SMILES string of the molecule is CCOCC(NC(=O)C1C(C)CCCC1N)C(C)C. The molecule has 4 heteroatoms. The Morgan fingerprint density at radius 3 is 2.63 bits per heavy atom. The number of hydrogen-bond acceptors (Lipinski definition) is 3. The lowest BCUT2D eigenvalue weighted by molar-refractivity contribution is -0.129. The van der Waals surface area contributed by atoms with Crippen LogP contribution in [0.5, 0.6) is 0 Å². The summed E-state index contributed by atoms with van der Waals surface area (Å²) in [6.45, 7) is 9.57. The van der Waals surface area contributed by atoms with Crippen LogP contribution < -0.4 is 11.1 Å². The zero-order valence-corrected chi connectivity index (χ0v) is 12.8. The van der Waals surface area contributed by atoms with E-state index in [0.717, 1.165) is 19.3 Å². The Labute approximate surface area is 117 Å². The Hall–Kier alpha value is -0.610. The second kappa shape index (κ2) is 7.85. The summed E-state index contributed by atoms with van der Waals surface area (Å²) < 4.78 is 5.45. The van der Waals surface area contributed by atoms with Gasteiger partial charge in [0.25, 0.3) is 0 Å². The van der Waals surface area contributed by atoms with Crippen LogP contribution in [0.2, 0.25) is 0 Å². The summed E-state index contributed by atoms with van der Waals surface area (Å²) in [6.07, 6.45) is 3.20. The van der Waals surface area contributed by atoms with E-state index in [0.29, 0.717) is 25.0 Å². The molecule has 0 saturated heterocycles. The van der Waals surface area contributed by atoms with Crippen LogP contribution in [-0.4, -0.2) is 31.2 Å². The molecule has 0 radical (unpaired) electrons. The Bertz CT molecular complexity index is 271. The van der Waals surface area contributed by atoms with Gasteiger partial charge in [0.2, 0.25) is 5.91 Å². The van der Waals surface area contributed by atoms with E-state index in [1.54, 1.807) is 0 Å². The minimum atomic E-state index is -0.0448. The van der Waals surface area contributed by atoms with E-state index in [1.165, 1.54) is 0 Å². The van der Waals surface area contributed by atoms with Gasteiger partial charge in [-0.05, 0) is 31.6 Å². The van der Waals surface area contributed by atoms with Crippen LogP contribution in [0.25, 0.3) is 0 Å². The van der Waals surface area contributed by atoms with Gasteiger partial charge in [0, 0.05) is 12.6 Å². The second-order valence-electron chi connectivity index (χ2n) is 6.12. The van der Waals surface area contributed by atoms with E-state index in [9.17, 15) is 4.79 Å². The first-order valence-electron chi connectivity index (χ1n) is 7.61. The molecule has 4 nitrogen and oxygen atoms in total. The number of amides is 1. The maximum Gasteiger partial charge on any atom is 0.225 e. The van der Waals surface area contributed by atoms with Gasteiger partial charge >= 0.3 is 0 Å². The standard InChI is InChI=1S/C15H30N2O2/c1-5-19-9-13(10(2)3)17-15(18)14-11(4)7-6-8-12(14)16/h10-14H,5-9,16H2,1-4H3,(H,17,18). The molecule has 0 aromatic rings. The number of carbonyl (C=O) groups excluding carboxylic acids is 1. The third kappa shape index (κ3) is 4.77. The molecular formula is C15H30N2O2. The van der Waals surface area contributed by atoms with E-state index in [4.69, 9.17) is 10.5 Å². The predicted molar refractivity (Wildman–Crippen MR) is 77.7 cm³/mol. The lowest BCUT2D eigenvalue weighted by Gasteiger charge is -2.35. The Balaban J connectivity index is 2.59. The van der Waals surface area contributed by atoms with Crippen molar-refractivity contribution in [2.45, 2.75) is 59.0 Å². The van der Waals surface area contributed by atoms with Crippen LogP contribution in [0.15, 0.2) is 0 Å². The molecule has 1 fully saturated rings. The van der Waals surface area contributed by atoms with E-state index >= 15 is 0 Å². The monoisotopic (exact) mass is 270 g/mol. The predicted octanol–water partition coefficient (Wildman–Crippen LogP) is 1.93. The van der Waals surface area contributed by atoms with E-state index in [1.807, 2.05) is 6.92 Å². The van der Waals surface area contributed by atoms with Gasteiger partial charge in [0.15, 0.2) is 0 Å². The number of nitrogens with one attached hydrogen (secondary N) is 1. The maximum atomic E-state index is 12.5. The Morgan fingerprint density at radius 2 is 2.11 bits per heavy atom. The molecule has 0 spiro atoms. The highest BCUT2D eigenvalue weighted by Gasteiger charge is 2.35. The lowest BCUT2D eigenvalue weighted by Crippen LogP contribution is -2.52. The van der Waals surface area contributed by atoms with E-state index in [2.05, 4.69) is 26.1 Å². The second-order valence-corrected chi connectivity index (χ2v) is 6.12. The quantitative estimate of drug-likeness (QED) is 0.775. The van der Waals surface area contributed by atoms with E-state index in [-0.39, 0.29) is 23.9 Å². The van der Waals surface area contributed by atoms with Crippen molar-refractivity contribution in [2.24, 2.45) is 23.5 Å². The van der Waals surface area contributed by atoms with Gasteiger partial charge in [-0.1, -0.05) is 27.2 Å². The highest BCUT2D eigenvalue weighted by atomic mass is 16.5.